The van der Waals surface area contributed by atoms with Crippen molar-refractivity contribution >= 4 is 5.91 Å². The maximum absolute atomic E-state index is 11.1. The molecule has 0 unspecified atom stereocenters. The van der Waals surface area contributed by atoms with E-state index in [1.54, 1.807) is 6.92 Å². The van der Waals surface area contributed by atoms with Crippen LogP contribution in [0.25, 0.3) is 0 Å². The fourth-order valence-corrected chi connectivity index (χ4v) is 0.290. The third-order valence-corrected chi connectivity index (χ3v) is 0.565. The van der Waals surface area contributed by atoms with Gasteiger partial charge in [0.25, 0.3) is 0 Å². The summed E-state index contributed by atoms with van der Waals surface area (Å²) in [5.41, 5.74) is 0. The summed E-state index contributed by atoms with van der Waals surface area (Å²) in [7, 11) is 0. The molecule has 0 aliphatic heterocycles. The Labute approximate surface area is 47.4 Å². The van der Waals surface area contributed by atoms with Crippen LogP contribution in [0.2, 0.25) is 0 Å². The van der Waals surface area contributed by atoms with E-state index in [9.17, 15) is 9.18 Å². The second-order valence-corrected chi connectivity index (χ2v) is 1.19. The molecule has 0 spiro atoms. The number of carbonyl (C=O) groups is 1. The van der Waals surface area contributed by atoms with Gasteiger partial charge in [0.2, 0.25) is 5.91 Å². The van der Waals surface area contributed by atoms with E-state index < -0.39 is 5.91 Å². The quantitative estimate of drug-likeness (QED) is 0.527. The van der Waals surface area contributed by atoms with Crippen LogP contribution in [0.4, 0.5) is 4.39 Å². The Hall–Kier alpha value is -0.860. The van der Waals surface area contributed by atoms with Crippen LogP contribution in [0, 0.1) is 0 Å². The number of hydrogen-bond donors (Lipinski definition) is 1. The monoisotopic (exact) mass is 117 g/mol. The lowest BCUT2D eigenvalue weighted by Crippen LogP contribution is -2.19. The average molecular weight is 117 g/mol. The lowest BCUT2D eigenvalue weighted by Gasteiger charge is -1.90. The van der Waals surface area contributed by atoms with Crippen LogP contribution >= 0.6 is 0 Å². The molecule has 0 aromatic rings. The normalized spacial score (nSPS) is 9.75. The van der Waals surface area contributed by atoms with E-state index in [1.165, 1.54) is 0 Å². The van der Waals surface area contributed by atoms with Crippen LogP contribution in [0.1, 0.15) is 6.92 Å². The van der Waals surface area contributed by atoms with Gasteiger partial charge in [0, 0.05) is 12.6 Å². The molecule has 0 radical (unpaired) electrons. The van der Waals surface area contributed by atoms with Crippen molar-refractivity contribution in [3.63, 3.8) is 0 Å². The minimum Gasteiger partial charge on any atom is -0.353 e. The van der Waals surface area contributed by atoms with Crippen LogP contribution in [0.3, 0.4) is 0 Å². The summed E-state index contributed by atoms with van der Waals surface area (Å²) in [6.45, 7) is 2.30. The molecule has 0 atom stereocenters. The molecule has 0 heterocycles. The molecule has 1 N–H and O–H groups in total. The maximum atomic E-state index is 11.1. The molecule has 0 saturated heterocycles. The molecule has 0 saturated carbocycles. The van der Waals surface area contributed by atoms with Crippen LogP contribution in [0.5, 0.6) is 0 Å². The number of rotatable bonds is 2. The Morgan fingerprint density at radius 2 is 2.50 bits per heavy atom. The molecule has 1 amide bonds. The molecule has 0 aromatic heterocycles. The first-order chi connectivity index (χ1) is 3.81. The van der Waals surface area contributed by atoms with E-state index in [2.05, 4.69) is 5.32 Å². The summed E-state index contributed by atoms with van der Waals surface area (Å²) in [4.78, 5) is 10.2. The summed E-state index contributed by atoms with van der Waals surface area (Å²) in [6.07, 6.45) is 1.05. The van der Waals surface area contributed by atoms with Gasteiger partial charge in [-0.15, -0.1) is 0 Å². The van der Waals surface area contributed by atoms with Crippen molar-refractivity contribution in [2.24, 2.45) is 0 Å². The first-order valence-electron chi connectivity index (χ1n) is 2.36. The second kappa shape index (κ2) is 4.30. The van der Waals surface area contributed by atoms with Crippen LogP contribution < -0.4 is 5.32 Å². The predicted octanol–water partition coefficient (Wildman–Crippen LogP) is 0.606. The molecule has 0 aromatic carbocycles. The first-order valence-corrected chi connectivity index (χ1v) is 2.36. The Morgan fingerprint density at radius 1 is 1.88 bits per heavy atom. The zero-order valence-electron chi connectivity index (χ0n) is 4.65. The Bertz CT molecular complexity index is 101. The van der Waals surface area contributed by atoms with Gasteiger partial charge in [-0.05, 0) is 6.92 Å². The van der Waals surface area contributed by atoms with Gasteiger partial charge in [-0.2, -0.15) is 0 Å². The molecular formula is C5H8FNO. The molecular weight excluding hydrogens is 109 g/mol. The number of hydrogen-bond acceptors (Lipinski definition) is 1. The van der Waals surface area contributed by atoms with Gasteiger partial charge in [-0.3, -0.25) is 4.79 Å². The van der Waals surface area contributed by atoms with Crippen LogP contribution in [0.15, 0.2) is 12.4 Å². The SMILES string of the molecule is CCNC(=O)C=CF. The summed E-state index contributed by atoms with van der Waals surface area (Å²) in [5, 5.41) is 2.38. The standard InChI is InChI=1S/C5H8FNO/c1-2-7-5(8)3-4-6/h3-4H,2H2,1H3,(H,7,8). The van der Waals surface area contributed by atoms with Gasteiger partial charge in [-0.1, -0.05) is 0 Å². The second-order valence-electron chi connectivity index (χ2n) is 1.19. The highest BCUT2D eigenvalue weighted by atomic mass is 19.1. The van der Waals surface area contributed by atoms with Gasteiger partial charge in [-0.25, -0.2) is 4.39 Å². The van der Waals surface area contributed by atoms with Crippen molar-refractivity contribution in [3.05, 3.63) is 12.4 Å². The minimum atomic E-state index is -0.394. The Kier molecular flexibility index (Phi) is 3.84. The highest BCUT2D eigenvalue weighted by Crippen LogP contribution is 1.71. The number of nitrogens with one attached hydrogen (secondary N) is 1. The van der Waals surface area contributed by atoms with Gasteiger partial charge in [0.05, 0.1) is 6.33 Å². The van der Waals surface area contributed by atoms with Gasteiger partial charge in [0.15, 0.2) is 0 Å². The van der Waals surface area contributed by atoms with Crippen LogP contribution in [-0.2, 0) is 4.79 Å². The minimum absolute atomic E-state index is 0.213. The molecule has 3 heteroatoms. The third-order valence-electron chi connectivity index (χ3n) is 0.565. The van der Waals surface area contributed by atoms with Gasteiger partial charge in [0.1, 0.15) is 0 Å². The predicted molar refractivity (Wildman–Crippen MR) is 28.9 cm³/mol. The Balaban J connectivity index is 3.33. The first kappa shape index (κ1) is 7.14. The van der Waals surface area contributed by atoms with E-state index >= 15 is 0 Å². The zero-order chi connectivity index (χ0) is 6.41. The van der Waals surface area contributed by atoms with E-state index in [1.807, 2.05) is 0 Å². The molecule has 0 aliphatic rings. The lowest BCUT2D eigenvalue weighted by atomic mass is 10.5. The zero-order valence-corrected chi connectivity index (χ0v) is 4.65. The fourth-order valence-electron chi connectivity index (χ4n) is 0.290. The molecule has 0 aliphatic carbocycles. The van der Waals surface area contributed by atoms with Crippen molar-refractivity contribution in [3.8, 4) is 0 Å². The van der Waals surface area contributed by atoms with Crippen molar-refractivity contribution in [1.82, 2.24) is 5.32 Å². The molecule has 8 heavy (non-hydrogen) atoms. The van der Waals surface area contributed by atoms with Crippen molar-refractivity contribution < 1.29 is 9.18 Å². The number of likely N-dealkylation sites (N-methyl/N-ethyl adjacent to an activating group) is 1. The molecule has 46 valence electrons. The van der Waals surface area contributed by atoms with Gasteiger partial charge >= 0.3 is 0 Å². The van der Waals surface area contributed by atoms with E-state index in [4.69, 9.17) is 0 Å². The average Bonchev–Trinajstić information content (AvgIpc) is 1.68. The molecule has 0 bridgehead atoms. The Morgan fingerprint density at radius 3 is 2.88 bits per heavy atom. The summed E-state index contributed by atoms with van der Waals surface area (Å²) >= 11 is 0. The number of amides is 1. The smallest absolute Gasteiger partial charge is 0.246 e. The van der Waals surface area contributed by atoms with Crippen molar-refractivity contribution in [2.45, 2.75) is 6.92 Å². The highest BCUT2D eigenvalue weighted by molar-refractivity contribution is 5.87. The topological polar surface area (TPSA) is 29.1 Å². The third kappa shape index (κ3) is 3.33. The van der Waals surface area contributed by atoms with Gasteiger partial charge < -0.3 is 5.32 Å². The van der Waals surface area contributed by atoms with E-state index in [0.717, 1.165) is 6.08 Å². The van der Waals surface area contributed by atoms with E-state index in [0.29, 0.717) is 6.54 Å². The summed E-state index contributed by atoms with van der Waals surface area (Å²) in [6, 6.07) is 0. The summed E-state index contributed by atoms with van der Waals surface area (Å²) < 4.78 is 11.1. The van der Waals surface area contributed by atoms with E-state index in [-0.39, 0.29) is 6.33 Å². The fraction of sp³-hybridized carbons (Fsp3) is 0.400. The highest BCUT2D eigenvalue weighted by Gasteiger charge is 1.86. The molecule has 0 rings (SSSR count). The number of halogens is 1. The maximum Gasteiger partial charge on any atom is 0.246 e. The molecule has 0 fully saturated rings. The molecule has 2 nitrogen and oxygen atoms in total. The number of carbonyl (C=O) groups excluding carboxylic acids is 1. The van der Waals surface area contributed by atoms with Crippen molar-refractivity contribution in [2.75, 3.05) is 6.54 Å². The largest absolute Gasteiger partial charge is 0.353 e. The summed E-state index contributed by atoms with van der Waals surface area (Å²) in [5.74, 6) is -0.394. The van der Waals surface area contributed by atoms with Crippen LogP contribution in [-0.4, -0.2) is 12.5 Å². The lowest BCUT2D eigenvalue weighted by molar-refractivity contribution is -0.116. The van der Waals surface area contributed by atoms with Crippen molar-refractivity contribution in [1.29, 1.82) is 0 Å².